The molecule has 3 rings (SSSR count). The summed E-state index contributed by atoms with van der Waals surface area (Å²) in [5.74, 6) is -0.459. The number of aliphatic carboxylic acids is 1. The maximum atomic E-state index is 11.3. The predicted molar refractivity (Wildman–Crippen MR) is 159 cm³/mol. The van der Waals surface area contributed by atoms with Gasteiger partial charge in [0.15, 0.2) is 0 Å². The fraction of sp³-hybridized carbons (Fsp3) is 0.469. The lowest BCUT2D eigenvalue weighted by Crippen LogP contribution is -2.24. The first-order valence-electron chi connectivity index (χ1n) is 13.3. The highest BCUT2D eigenvalue weighted by atomic mass is 35.5. The number of thioether (sulfide) groups is 1. The van der Waals surface area contributed by atoms with E-state index in [0.29, 0.717) is 23.1 Å². The van der Waals surface area contributed by atoms with Gasteiger partial charge in [-0.3, -0.25) is 4.79 Å². The van der Waals surface area contributed by atoms with E-state index in [1.54, 1.807) is 6.92 Å². The Labute approximate surface area is 232 Å². The van der Waals surface area contributed by atoms with E-state index in [1.165, 1.54) is 41.3 Å². The Balaban J connectivity index is 2.20. The molecule has 2 aromatic rings. The number of benzene rings is 2. The van der Waals surface area contributed by atoms with Crippen molar-refractivity contribution in [2.45, 2.75) is 72.2 Å². The van der Waals surface area contributed by atoms with Crippen LogP contribution >= 0.6 is 23.4 Å². The Morgan fingerprint density at radius 2 is 1.76 bits per heavy atom. The molecule has 5 heteroatoms. The maximum absolute atomic E-state index is 11.3. The van der Waals surface area contributed by atoms with Gasteiger partial charge in [-0.25, -0.2) is 0 Å². The average molecular weight is 541 g/mol. The van der Waals surface area contributed by atoms with Crippen LogP contribution in [-0.4, -0.2) is 27.4 Å². The lowest BCUT2D eigenvalue weighted by molar-refractivity contribution is -0.140. The van der Waals surface area contributed by atoms with Crippen LogP contribution in [0.25, 0.3) is 11.1 Å². The van der Waals surface area contributed by atoms with Crippen LogP contribution in [-0.2, 0) is 4.79 Å². The molecule has 0 heterocycles. The number of carboxylic acid groups (broad SMARTS) is 1. The van der Waals surface area contributed by atoms with Crippen LogP contribution in [0.1, 0.15) is 77.8 Å². The summed E-state index contributed by atoms with van der Waals surface area (Å²) < 4.78 is 0. The van der Waals surface area contributed by atoms with Crippen molar-refractivity contribution in [1.29, 1.82) is 0 Å². The summed E-state index contributed by atoms with van der Waals surface area (Å²) in [4.78, 5) is 11.3. The molecule has 200 valence electrons. The van der Waals surface area contributed by atoms with E-state index in [0.717, 1.165) is 29.6 Å². The van der Waals surface area contributed by atoms with E-state index in [-0.39, 0.29) is 5.41 Å². The third-order valence-corrected chi connectivity index (χ3v) is 8.95. The van der Waals surface area contributed by atoms with Gasteiger partial charge in [-0.05, 0) is 78.3 Å². The van der Waals surface area contributed by atoms with Crippen LogP contribution in [0.15, 0.2) is 65.7 Å². The summed E-state index contributed by atoms with van der Waals surface area (Å²) in [6.07, 6.45) is 4.98. The minimum Gasteiger partial charge on any atom is -0.481 e. The van der Waals surface area contributed by atoms with Gasteiger partial charge in [0.1, 0.15) is 5.44 Å². The first kappa shape index (κ1) is 29.5. The fourth-order valence-electron chi connectivity index (χ4n) is 5.30. The fourth-order valence-corrected chi connectivity index (χ4v) is 6.44. The molecule has 3 unspecified atom stereocenters. The highest BCUT2D eigenvalue weighted by Crippen LogP contribution is 2.49. The van der Waals surface area contributed by atoms with Crippen LogP contribution in [0, 0.1) is 17.3 Å². The molecule has 1 saturated carbocycles. The van der Waals surface area contributed by atoms with Gasteiger partial charge in [0.25, 0.3) is 0 Å². The van der Waals surface area contributed by atoms with Crippen LogP contribution in [0.5, 0.6) is 0 Å². The summed E-state index contributed by atoms with van der Waals surface area (Å²) in [7, 11) is 0. The predicted octanol–water partition coefficient (Wildman–Crippen LogP) is 8.97. The van der Waals surface area contributed by atoms with Crippen molar-refractivity contribution in [3.8, 4) is 0 Å². The van der Waals surface area contributed by atoms with Crippen molar-refractivity contribution >= 4 is 40.5 Å². The lowest BCUT2D eigenvalue weighted by Gasteiger charge is -2.39. The SMILES string of the molecule is CCC1CCC(C)(C)CC1=C(C(=C(C)CC(O)SCC(C)C(=O)O)c1ccc(Cl)cc1)c1ccccc1. The minimum atomic E-state index is -0.838. The molecule has 2 aromatic carbocycles. The number of carboxylic acids is 1. The third kappa shape index (κ3) is 7.99. The van der Waals surface area contributed by atoms with Crippen LogP contribution in [0.2, 0.25) is 5.02 Å². The van der Waals surface area contributed by atoms with Gasteiger partial charge in [0, 0.05) is 17.2 Å². The molecule has 3 nitrogen and oxygen atoms in total. The minimum absolute atomic E-state index is 0.225. The molecule has 1 aliphatic rings. The molecular weight excluding hydrogens is 500 g/mol. The summed E-state index contributed by atoms with van der Waals surface area (Å²) in [5, 5.41) is 20.9. The molecule has 0 radical (unpaired) electrons. The van der Waals surface area contributed by atoms with Crippen molar-refractivity contribution < 1.29 is 15.0 Å². The van der Waals surface area contributed by atoms with E-state index >= 15 is 0 Å². The standard InChI is InChI=1S/C32H41ClO3S/c1-6-23-16-17-32(4,5)19-27(23)30(24-10-8-7-9-11-24)29(25-12-14-26(33)15-13-25)21(2)18-28(34)37-20-22(3)31(35)36/h7-15,22-23,28,34H,6,16-20H2,1-5H3,(H,35,36). The summed E-state index contributed by atoms with van der Waals surface area (Å²) in [6.45, 7) is 10.8. The number of halogens is 1. The normalized spacial score (nSPS) is 21.1. The van der Waals surface area contributed by atoms with E-state index < -0.39 is 17.3 Å². The van der Waals surface area contributed by atoms with Crippen molar-refractivity contribution in [3.05, 3.63) is 81.9 Å². The van der Waals surface area contributed by atoms with Gasteiger partial charge in [-0.2, -0.15) is 0 Å². The highest BCUT2D eigenvalue weighted by Gasteiger charge is 2.33. The first-order valence-corrected chi connectivity index (χ1v) is 14.7. The van der Waals surface area contributed by atoms with Crippen LogP contribution in [0.3, 0.4) is 0 Å². The second kappa shape index (κ2) is 13.2. The molecule has 0 saturated heterocycles. The molecule has 37 heavy (non-hydrogen) atoms. The number of hydrogen-bond donors (Lipinski definition) is 2. The summed E-state index contributed by atoms with van der Waals surface area (Å²) in [6, 6.07) is 18.6. The third-order valence-electron chi connectivity index (χ3n) is 7.46. The van der Waals surface area contributed by atoms with Gasteiger partial charge in [0.2, 0.25) is 0 Å². The maximum Gasteiger partial charge on any atom is 0.307 e. The van der Waals surface area contributed by atoms with Crippen LogP contribution in [0.4, 0.5) is 0 Å². The summed E-state index contributed by atoms with van der Waals surface area (Å²) >= 11 is 7.59. The number of hydrogen-bond acceptors (Lipinski definition) is 3. The molecule has 0 spiro atoms. The molecule has 3 atom stereocenters. The second-order valence-corrected chi connectivity index (χ2v) is 12.8. The van der Waals surface area contributed by atoms with Crippen LogP contribution < -0.4 is 0 Å². The monoisotopic (exact) mass is 540 g/mol. The topological polar surface area (TPSA) is 57.5 Å². The van der Waals surface area contributed by atoms with E-state index in [1.807, 2.05) is 12.1 Å². The average Bonchev–Trinajstić information content (AvgIpc) is 2.86. The Bertz CT molecular complexity index is 1120. The lowest BCUT2D eigenvalue weighted by atomic mass is 9.66. The summed E-state index contributed by atoms with van der Waals surface area (Å²) in [5.41, 5.74) is 6.84. The number of carbonyl (C=O) groups is 1. The van der Waals surface area contributed by atoms with Crippen molar-refractivity contribution in [2.75, 3.05) is 5.75 Å². The zero-order valence-corrected chi connectivity index (χ0v) is 24.3. The molecular formula is C32H41ClO3S. The Kier molecular flexibility index (Phi) is 10.5. The van der Waals surface area contributed by atoms with Gasteiger partial charge < -0.3 is 10.2 Å². The molecule has 0 aliphatic heterocycles. The molecule has 0 bridgehead atoms. The number of rotatable bonds is 10. The zero-order valence-electron chi connectivity index (χ0n) is 22.8. The van der Waals surface area contributed by atoms with E-state index in [9.17, 15) is 15.0 Å². The zero-order chi connectivity index (χ0) is 27.2. The Morgan fingerprint density at radius 1 is 1.11 bits per heavy atom. The van der Waals surface area contributed by atoms with Crippen molar-refractivity contribution in [2.24, 2.45) is 17.3 Å². The second-order valence-electron chi connectivity index (χ2n) is 11.1. The molecule has 0 amide bonds. The Hall–Kier alpha value is -2.01. The number of aliphatic hydroxyl groups excluding tert-OH is 1. The largest absolute Gasteiger partial charge is 0.481 e. The number of aliphatic hydroxyl groups is 1. The van der Waals surface area contributed by atoms with Gasteiger partial charge in [0.05, 0.1) is 5.92 Å². The quantitative estimate of drug-likeness (QED) is 0.295. The van der Waals surface area contributed by atoms with Crippen molar-refractivity contribution in [1.82, 2.24) is 0 Å². The number of allylic oxidation sites excluding steroid dienone is 3. The van der Waals surface area contributed by atoms with Gasteiger partial charge in [-0.1, -0.05) is 92.9 Å². The van der Waals surface area contributed by atoms with Crippen molar-refractivity contribution in [3.63, 3.8) is 0 Å². The molecule has 1 fully saturated rings. The van der Waals surface area contributed by atoms with Gasteiger partial charge in [-0.15, -0.1) is 11.8 Å². The molecule has 0 aromatic heterocycles. The molecule has 2 N–H and O–H groups in total. The van der Waals surface area contributed by atoms with E-state index in [4.69, 9.17) is 11.6 Å². The first-order chi connectivity index (χ1) is 17.5. The highest BCUT2D eigenvalue weighted by molar-refractivity contribution is 7.99. The van der Waals surface area contributed by atoms with E-state index in [2.05, 4.69) is 70.2 Å². The smallest absolute Gasteiger partial charge is 0.307 e. The molecule has 1 aliphatic carbocycles. The Morgan fingerprint density at radius 3 is 2.35 bits per heavy atom. The van der Waals surface area contributed by atoms with Gasteiger partial charge >= 0.3 is 5.97 Å².